The Bertz CT molecular complexity index is 687. The SMILES string of the molecule is CC(C)c1ccc(SCC(=O)Nc2cccc(C#N)c2)cc1. The summed E-state index contributed by atoms with van der Waals surface area (Å²) in [5.41, 5.74) is 2.48. The van der Waals surface area contributed by atoms with Gasteiger partial charge in [0.25, 0.3) is 0 Å². The number of nitrogens with one attached hydrogen (secondary N) is 1. The number of benzene rings is 2. The first-order chi connectivity index (χ1) is 10.6. The van der Waals surface area contributed by atoms with Gasteiger partial charge in [-0.1, -0.05) is 32.0 Å². The molecule has 4 heteroatoms. The van der Waals surface area contributed by atoms with Crippen molar-refractivity contribution in [1.29, 1.82) is 5.26 Å². The molecular weight excluding hydrogens is 292 g/mol. The number of carbonyl (C=O) groups is 1. The Kier molecular flexibility index (Phi) is 5.62. The maximum absolute atomic E-state index is 11.9. The summed E-state index contributed by atoms with van der Waals surface area (Å²) in [6.07, 6.45) is 0. The largest absolute Gasteiger partial charge is 0.325 e. The maximum Gasteiger partial charge on any atom is 0.234 e. The lowest BCUT2D eigenvalue weighted by Gasteiger charge is -2.07. The zero-order valence-electron chi connectivity index (χ0n) is 12.7. The van der Waals surface area contributed by atoms with Crippen molar-refractivity contribution < 1.29 is 4.79 Å². The van der Waals surface area contributed by atoms with E-state index in [0.29, 0.717) is 22.9 Å². The second-order valence-corrected chi connectivity index (χ2v) is 6.30. The van der Waals surface area contributed by atoms with Crippen molar-refractivity contribution in [3.8, 4) is 6.07 Å². The number of hydrogen-bond acceptors (Lipinski definition) is 3. The van der Waals surface area contributed by atoms with E-state index in [1.165, 1.54) is 17.3 Å². The molecule has 0 aliphatic carbocycles. The van der Waals surface area contributed by atoms with Crippen LogP contribution in [0.3, 0.4) is 0 Å². The van der Waals surface area contributed by atoms with E-state index < -0.39 is 0 Å². The van der Waals surface area contributed by atoms with Crippen molar-refractivity contribution in [1.82, 2.24) is 0 Å². The molecule has 0 atom stereocenters. The lowest BCUT2D eigenvalue weighted by Crippen LogP contribution is -2.13. The van der Waals surface area contributed by atoms with Crippen LogP contribution in [0.4, 0.5) is 5.69 Å². The highest BCUT2D eigenvalue weighted by Crippen LogP contribution is 2.22. The van der Waals surface area contributed by atoms with E-state index >= 15 is 0 Å². The molecule has 2 rings (SSSR count). The van der Waals surface area contributed by atoms with Crippen LogP contribution in [0.2, 0.25) is 0 Å². The molecule has 2 aromatic carbocycles. The molecule has 0 bridgehead atoms. The molecule has 0 saturated carbocycles. The standard InChI is InChI=1S/C18H18N2OS/c1-13(2)15-6-8-17(9-7-15)22-12-18(21)20-16-5-3-4-14(10-16)11-19/h3-10,13H,12H2,1-2H3,(H,20,21). The third kappa shape index (κ3) is 4.64. The van der Waals surface area contributed by atoms with Crippen LogP contribution in [0.1, 0.15) is 30.9 Å². The van der Waals surface area contributed by atoms with E-state index in [4.69, 9.17) is 5.26 Å². The van der Waals surface area contributed by atoms with Gasteiger partial charge in [0, 0.05) is 10.6 Å². The van der Waals surface area contributed by atoms with Gasteiger partial charge in [0.1, 0.15) is 0 Å². The summed E-state index contributed by atoms with van der Waals surface area (Å²) in [7, 11) is 0. The van der Waals surface area contributed by atoms with Gasteiger partial charge < -0.3 is 5.32 Å². The molecule has 2 aromatic rings. The van der Waals surface area contributed by atoms with Crippen LogP contribution in [-0.2, 0) is 4.79 Å². The number of amides is 1. The number of anilines is 1. The van der Waals surface area contributed by atoms with Crippen molar-refractivity contribution >= 4 is 23.4 Å². The Hall–Kier alpha value is -2.25. The molecule has 0 fully saturated rings. The zero-order valence-corrected chi connectivity index (χ0v) is 13.5. The second-order valence-electron chi connectivity index (χ2n) is 5.25. The van der Waals surface area contributed by atoms with E-state index in [1.807, 2.05) is 12.1 Å². The summed E-state index contributed by atoms with van der Waals surface area (Å²) in [5, 5.41) is 11.6. The Morgan fingerprint density at radius 2 is 1.95 bits per heavy atom. The third-order valence-electron chi connectivity index (χ3n) is 3.19. The highest BCUT2D eigenvalue weighted by atomic mass is 32.2. The first-order valence-electron chi connectivity index (χ1n) is 7.11. The molecule has 0 aliphatic heterocycles. The molecule has 1 N–H and O–H groups in total. The predicted octanol–water partition coefficient (Wildman–Crippen LogP) is 4.41. The molecule has 0 spiro atoms. The van der Waals surface area contributed by atoms with Gasteiger partial charge in [0.2, 0.25) is 5.91 Å². The molecule has 0 aromatic heterocycles. The number of nitrogens with zero attached hydrogens (tertiary/aromatic N) is 1. The fourth-order valence-corrected chi connectivity index (χ4v) is 2.66. The van der Waals surface area contributed by atoms with Crippen LogP contribution in [0.25, 0.3) is 0 Å². The number of thioether (sulfide) groups is 1. The molecular formula is C18H18N2OS. The van der Waals surface area contributed by atoms with Crippen LogP contribution in [0.15, 0.2) is 53.4 Å². The van der Waals surface area contributed by atoms with Crippen molar-refractivity contribution in [2.45, 2.75) is 24.7 Å². The molecule has 0 saturated heterocycles. The van der Waals surface area contributed by atoms with Gasteiger partial charge in [0.15, 0.2) is 0 Å². The molecule has 0 unspecified atom stereocenters. The molecule has 1 amide bonds. The van der Waals surface area contributed by atoms with Crippen molar-refractivity contribution in [2.75, 3.05) is 11.1 Å². The molecule has 112 valence electrons. The smallest absolute Gasteiger partial charge is 0.234 e. The van der Waals surface area contributed by atoms with Gasteiger partial charge in [-0.15, -0.1) is 11.8 Å². The fraction of sp³-hybridized carbons (Fsp3) is 0.222. The van der Waals surface area contributed by atoms with Gasteiger partial charge in [-0.3, -0.25) is 4.79 Å². The fourth-order valence-electron chi connectivity index (χ4n) is 1.96. The van der Waals surface area contributed by atoms with E-state index in [0.717, 1.165) is 4.90 Å². The third-order valence-corrected chi connectivity index (χ3v) is 4.20. The second kappa shape index (κ2) is 7.67. The number of carbonyl (C=O) groups excluding carboxylic acids is 1. The topological polar surface area (TPSA) is 52.9 Å². The van der Waals surface area contributed by atoms with E-state index in [1.54, 1.807) is 24.3 Å². The average molecular weight is 310 g/mol. The maximum atomic E-state index is 11.9. The quantitative estimate of drug-likeness (QED) is 0.832. The zero-order chi connectivity index (χ0) is 15.9. The summed E-state index contributed by atoms with van der Waals surface area (Å²) in [6.45, 7) is 4.32. The van der Waals surface area contributed by atoms with Crippen molar-refractivity contribution in [3.05, 3.63) is 59.7 Å². The van der Waals surface area contributed by atoms with Gasteiger partial charge >= 0.3 is 0 Å². The van der Waals surface area contributed by atoms with Gasteiger partial charge in [0.05, 0.1) is 17.4 Å². The minimum atomic E-state index is -0.0759. The Balaban J connectivity index is 1.88. The minimum Gasteiger partial charge on any atom is -0.325 e. The first-order valence-corrected chi connectivity index (χ1v) is 8.10. The number of nitriles is 1. The van der Waals surface area contributed by atoms with Gasteiger partial charge in [-0.25, -0.2) is 0 Å². The van der Waals surface area contributed by atoms with E-state index in [2.05, 4.69) is 37.4 Å². The number of rotatable bonds is 5. The Morgan fingerprint density at radius 1 is 1.23 bits per heavy atom. The Morgan fingerprint density at radius 3 is 2.59 bits per heavy atom. The predicted molar refractivity (Wildman–Crippen MR) is 91.0 cm³/mol. The highest BCUT2D eigenvalue weighted by molar-refractivity contribution is 8.00. The number of hydrogen-bond donors (Lipinski definition) is 1. The van der Waals surface area contributed by atoms with E-state index in [9.17, 15) is 4.79 Å². The molecule has 0 heterocycles. The van der Waals surface area contributed by atoms with Gasteiger partial charge in [-0.2, -0.15) is 5.26 Å². The van der Waals surface area contributed by atoms with Crippen LogP contribution in [-0.4, -0.2) is 11.7 Å². The summed E-state index contributed by atoms with van der Waals surface area (Å²) in [6, 6.07) is 17.3. The van der Waals surface area contributed by atoms with Gasteiger partial charge in [-0.05, 0) is 41.8 Å². The van der Waals surface area contributed by atoms with Crippen LogP contribution in [0.5, 0.6) is 0 Å². The lowest BCUT2D eigenvalue weighted by molar-refractivity contribution is -0.113. The molecule has 0 radical (unpaired) electrons. The van der Waals surface area contributed by atoms with Crippen LogP contribution >= 0.6 is 11.8 Å². The Labute approximate surface area is 135 Å². The minimum absolute atomic E-state index is 0.0759. The normalized spacial score (nSPS) is 10.3. The molecule has 22 heavy (non-hydrogen) atoms. The monoisotopic (exact) mass is 310 g/mol. The molecule has 3 nitrogen and oxygen atoms in total. The van der Waals surface area contributed by atoms with Crippen LogP contribution < -0.4 is 5.32 Å². The van der Waals surface area contributed by atoms with Crippen molar-refractivity contribution in [3.63, 3.8) is 0 Å². The molecule has 0 aliphatic rings. The average Bonchev–Trinajstić information content (AvgIpc) is 2.53. The van der Waals surface area contributed by atoms with Crippen molar-refractivity contribution in [2.24, 2.45) is 0 Å². The summed E-state index contributed by atoms with van der Waals surface area (Å²) >= 11 is 1.50. The van der Waals surface area contributed by atoms with Crippen LogP contribution in [0, 0.1) is 11.3 Å². The summed E-state index contributed by atoms with van der Waals surface area (Å²) in [5.74, 6) is 0.778. The summed E-state index contributed by atoms with van der Waals surface area (Å²) < 4.78 is 0. The lowest BCUT2D eigenvalue weighted by atomic mass is 10.0. The van der Waals surface area contributed by atoms with E-state index in [-0.39, 0.29) is 5.91 Å². The summed E-state index contributed by atoms with van der Waals surface area (Å²) in [4.78, 5) is 13.0. The first kappa shape index (κ1) is 16.1. The highest BCUT2D eigenvalue weighted by Gasteiger charge is 2.05.